The van der Waals surface area contributed by atoms with Gasteiger partial charge in [0, 0.05) is 13.2 Å². The minimum Gasteiger partial charge on any atom is -0.396 e. The molecule has 0 aliphatic carbocycles. The summed E-state index contributed by atoms with van der Waals surface area (Å²) in [7, 11) is 0. The molecule has 0 unspecified atom stereocenters. The Morgan fingerprint density at radius 2 is 2.44 bits per heavy atom. The van der Waals surface area contributed by atoms with Gasteiger partial charge in [-0.1, -0.05) is 6.92 Å². The second-order valence-electron chi connectivity index (χ2n) is 2.91. The maximum atomic E-state index is 8.82. The molecule has 1 saturated heterocycles. The molecule has 2 N–H and O–H groups in total. The van der Waals surface area contributed by atoms with E-state index in [-0.39, 0.29) is 0 Å². The van der Waals surface area contributed by atoms with Crippen molar-refractivity contribution in [3.8, 4) is 0 Å². The summed E-state index contributed by atoms with van der Waals surface area (Å²) in [5.74, 6) is 1.20. The van der Waals surface area contributed by atoms with Crippen LogP contribution >= 0.6 is 0 Å². The van der Waals surface area contributed by atoms with Crippen LogP contribution in [0.15, 0.2) is 0 Å². The Hall–Kier alpha value is -0.0800. The lowest BCUT2D eigenvalue weighted by molar-refractivity contribution is 0.155. The summed E-state index contributed by atoms with van der Waals surface area (Å²) >= 11 is 0. The number of hydrogen-bond donors (Lipinski definition) is 2. The average Bonchev–Trinajstić information content (AvgIpc) is 1.89. The van der Waals surface area contributed by atoms with Crippen molar-refractivity contribution in [2.75, 3.05) is 19.7 Å². The third kappa shape index (κ3) is 1.66. The van der Waals surface area contributed by atoms with Gasteiger partial charge in [0.25, 0.3) is 0 Å². The van der Waals surface area contributed by atoms with E-state index in [2.05, 4.69) is 12.2 Å². The van der Waals surface area contributed by atoms with Crippen LogP contribution in [0.25, 0.3) is 0 Å². The molecular formula is C7H15NO. The third-order valence-corrected chi connectivity index (χ3v) is 2.22. The highest BCUT2D eigenvalue weighted by Crippen LogP contribution is 2.16. The lowest BCUT2D eigenvalue weighted by Gasteiger charge is -2.27. The van der Waals surface area contributed by atoms with Crippen molar-refractivity contribution >= 4 is 0 Å². The van der Waals surface area contributed by atoms with Crippen LogP contribution in [0.4, 0.5) is 0 Å². The first-order valence-corrected chi connectivity index (χ1v) is 3.66. The first-order valence-electron chi connectivity index (χ1n) is 3.66. The molecule has 1 heterocycles. The molecule has 0 spiro atoms. The predicted octanol–water partition coefficient (Wildman–Crippen LogP) is 0.224. The molecule has 1 aliphatic rings. The summed E-state index contributed by atoms with van der Waals surface area (Å²) in [6, 6.07) is 0. The topological polar surface area (TPSA) is 32.3 Å². The van der Waals surface area contributed by atoms with Gasteiger partial charge in [0.1, 0.15) is 0 Å². The minimum atomic E-state index is 0.341. The summed E-state index contributed by atoms with van der Waals surface area (Å²) < 4.78 is 0. The zero-order valence-corrected chi connectivity index (χ0v) is 5.93. The van der Waals surface area contributed by atoms with E-state index < -0.39 is 0 Å². The lowest BCUT2D eigenvalue weighted by Crippen LogP contribution is -2.37. The number of rotatable bonds is 1. The van der Waals surface area contributed by atoms with E-state index >= 15 is 0 Å². The number of aliphatic hydroxyl groups excluding tert-OH is 1. The Labute approximate surface area is 56.3 Å². The Morgan fingerprint density at radius 1 is 1.67 bits per heavy atom. The zero-order chi connectivity index (χ0) is 6.69. The molecule has 2 atom stereocenters. The second-order valence-corrected chi connectivity index (χ2v) is 2.91. The average molecular weight is 129 g/mol. The molecule has 9 heavy (non-hydrogen) atoms. The van der Waals surface area contributed by atoms with Crippen LogP contribution < -0.4 is 5.32 Å². The summed E-state index contributed by atoms with van der Waals surface area (Å²) in [6.45, 7) is 4.67. The molecule has 2 nitrogen and oxygen atoms in total. The predicted molar refractivity (Wildman–Crippen MR) is 37.2 cm³/mol. The van der Waals surface area contributed by atoms with Crippen molar-refractivity contribution in [2.45, 2.75) is 13.3 Å². The third-order valence-electron chi connectivity index (χ3n) is 2.22. The number of aliphatic hydroxyl groups is 1. The molecule has 0 aromatic rings. The second kappa shape index (κ2) is 3.18. The number of piperidine rings is 1. The van der Waals surface area contributed by atoms with Crippen LogP contribution in [0, 0.1) is 11.8 Å². The molecule has 0 radical (unpaired) electrons. The molecule has 0 aromatic heterocycles. The highest BCUT2D eigenvalue weighted by molar-refractivity contribution is 4.73. The van der Waals surface area contributed by atoms with Crippen LogP contribution in [0.1, 0.15) is 13.3 Å². The molecule has 54 valence electrons. The zero-order valence-electron chi connectivity index (χ0n) is 5.93. The van der Waals surface area contributed by atoms with Crippen LogP contribution in [0.5, 0.6) is 0 Å². The van der Waals surface area contributed by atoms with Crippen LogP contribution in [-0.4, -0.2) is 24.8 Å². The molecule has 0 amide bonds. The van der Waals surface area contributed by atoms with Gasteiger partial charge in [-0.25, -0.2) is 0 Å². The number of hydrogen-bond acceptors (Lipinski definition) is 2. The van der Waals surface area contributed by atoms with Gasteiger partial charge in [-0.05, 0) is 24.8 Å². The van der Waals surface area contributed by atoms with Gasteiger partial charge < -0.3 is 10.4 Å². The van der Waals surface area contributed by atoms with E-state index in [9.17, 15) is 0 Å². The monoisotopic (exact) mass is 129 g/mol. The summed E-state index contributed by atoms with van der Waals surface area (Å²) in [6.07, 6.45) is 1.21. The van der Waals surface area contributed by atoms with Gasteiger partial charge >= 0.3 is 0 Å². The van der Waals surface area contributed by atoms with Gasteiger partial charge in [0.2, 0.25) is 0 Å². The van der Waals surface area contributed by atoms with Crippen molar-refractivity contribution in [2.24, 2.45) is 11.8 Å². The first-order chi connectivity index (χ1) is 4.34. The molecular weight excluding hydrogens is 114 g/mol. The molecule has 0 aromatic carbocycles. The maximum Gasteiger partial charge on any atom is 0.0473 e. The summed E-state index contributed by atoms with van der Waals surface area (Å²) in [5.41, 5.74) is 0. The van der Waals surface area contributed by atoms with Gasteiger partial charge in [-0.15, -0.1) is 0 Å². The largest absolute Gasteiger partial charge is 0.396 e. The van der Waals surface area contributed by atoms with Crippen LogP contribution in [0.2, 0.25) is 0 Å². The van der Waals surface area contributed by atoms with Gasteiger partial charge in [0.05, 0.1) is 0 Å². The van der Waals surface area contributed by atoms with Crippen molar-refractivity contribution in [1.82, 2.24) is 5.32 Å². The minimum absolute atomic E-state index is 0.341. The fourth-order valence-electron chi connectivity index (χ4n) is 1.30. The van der Waals surface area contributed by atoms with Crippen LogP contribution in [-0.2, 0) is 0 Å². The molecule has 0 bridgehead atoms. The van der Waals surface area contributed by atoms with E-state index in [0.717, 1.165) is 13.1 Å². The fraction of sp³-hybridized carbons (Fsp3) is 1.00. The highest BCUT2D eigenvalue weighted by atomic mass is 16.3. The molecule has 1 aliphatic heterocycles. The van der Waals surface area contributed by atoms with E-state index in [0.29, 0.717) is 18.4 Å². The summed E-state index contributed by atoms with van der Waals surface area (Å²) in [4.78, 5) is 0. The lowest BCUT2D eigenvalue weighted by atomic mass is 9.89. The Morgan fingerprint density at radius 3 is 2.89 bits per heavy atom. The Bertz CT molecular complexity index is 85.0. The van der Waals surface area contributed by atoms with Gasteiger partial charge in [-0.2, -0.15) is 0 Å². The fourth-order valence-corrected chi connectivity index (χ4v) is 1.30. The first kappa shape index (κ1) is 7.03. The SMILES string of the molecule is C[C@@H]1CCNC[C@H]1CO. The molecule has 1 rings (SSSR count). The molecule has 2 heteroatoms. The Kier molecular flexibility index (Phi) is 2.49. The van der Waals surface area contributed by atoms with E-state index in [1.165, 1.54) is 6.42 Å². The normalized spacial score (nSPS) is 36.7. The van der Waals surface area contributed by atoms with Crippen molar-refractivity contribution < 1.29 is 5.11 Å². The van der Waals surface area contributed by atoms with E-state index in [1.807, 2.05) is 0 Å². The molecule has 1 fully saturated rings. The Balaban J connectivity index is 2.30. The number of nitrogens with one attached hydrogen (secondary N) is 1. The molecule has 0 saturated carbocycles. The summed E-state index contributed by atoms with van der Waals surface area (Å²) in [5, 5.41) is 12.1. The highest BCUT2D eigenvalue weighted by Gasteiger charge is 2.19. The quantitative estimate of drug-likeness (QED) is 0.531. The standard InChI is InChI=1S/C7H15NO/c1-6-2-3-8-4-7(6)5-9/h6-9H,2-5H2,1H3/t6-,7+/m1/s1. The smallest absolute Gasteiger partial charge is 0.0473 e. The maximum absolute atomic E-state index is 8.82. The van der Waals surface area contributed by atoms with E-state index in [4.69, 9.17) is 5.11 Å². The van der Waals surface area contributed by atoms with Gasteiger partial charge in [-0.3, -0.25) is 0 Å². The van der Waals surface area contributed by atoms with Crippen molar-refractivity contribution in [3.63, 3.8) is 0 Å². The van der Waals surface area contributed by atoms with Crippen molar-refractivity contribution in [3.05, 3.63) is 0 Å². The van der Waals surface area contributed by atoms with E-state index in [1.54, 1.807) is 0 Å². The van der Waals surface area contributed by atoms with Crippen LogP contribution in [0.3, 0.4) is 0 Å². The van der Waals surface area contributed by atoms with Crippen molar-refractivity contribution in [1.29, 1.82) is 0 Å². The van der Waals surface area contributed by atoms with Gasteiger partial charge in [0.15, 0.2) is 0 Å².